The molecule has 0 aliphatic heterocycles. The standard InChI is InChI=1S/C59H98N6O18S/c1-3-4-10-49-16-17-50-53(46-49)84-59(64-50)65-55(68)15-8-14-54(67)61-20-18-56(69)62-47(2)52(66)13-9-21-72-23-25-74-27-29-76-31-33-78-35-37-80-39-41-82-43-44-83-42-40-81-38-36-79-34-32-77-30-28-75-26-24-73-22-19-57(70)63-51(58(60)71)45-48-11-6-5-7-12-48/h5-7,11-12,47,49,51H,3-4,8-10,13-46H2,1-2H3,(H2,60,71)(H,61,67)(H,62,69)(H,63,70)(H,64,65,68)/t47-,49-,51-/m0/s1. The minimum absolute atomic E-state index is 0.0429. The first-order valence-electron chi connectivity index (χ1n) is 30.0. The number of hydrogen-bond acceptors (Lipinski definition) is 20. The van der Waals surface area contributed by atoms with Crippen molar-refractivity contribution in [2.75, 3.05) is 170 Å². The molecule has 1 aromatic heterocycles. The molecule has 6 N–H and O–H groups in total. The van der Waals surface area contributed by atoms with Gasteiger partial charge in [-0.3, -0.25) is 28.8 Å². The van der Waals surface area contributed by atoms with Gasteiger partial charge in [0.2, 0.25) is 29.5 Å². The zero-order chi connectivity index (χ0) is 60.3. The molecule has 0 bridgehead atoms. The van der Waals surface area contributed by atoms with Crippen LogP contribution >= 0.6 is 11.3 Å². The number of ether oxygens (including phenoxy) is 12. The van der Waals surface area contributed by atoms with Crippen molar-refractivity contribution in [1.82, 2.24) is 20.9 Å². The van der Waals surface area contributed by atoms with E-state index < -0.39 is 18.0 Å². The number of nitrogens with two attached hydrogens (primary N) is 1. The van der Waals surface area contributed by atoms with Gasteiger partial charge in [-0.25, -0.2) is 4.98 Å². The van der Waals surface area contributed by atoms with E-state index in [0.717, 1.165) is 30.5 Å². The normalized spacial score (nSPS) is 13.7. The molecule has 0 unspecified atom stereocenters. The Bertz CT molecular complexity index is 2040. The average molecular weight is 1210 g/mol. The Morgan fingerprint density at radius 1 is 0.548 bits per heavy atom. The zero-order valence-electron chi connectivity index (χ0n) is 50.0. The lowest BCUT2D eigenvalue weighted by Crippen LogP contribution is -2.46. The molecule has 1 aliphatic rings. The number of amides is 5. The molecule has 1 aliphatic carbocycles. The first-order chi connectivity index (χ1) is 41.0. The molecular weight excluding hydrogens is 1110 g/mol. The summed E-state index contributed by atoms with van der Waals surface area (Å²) in [4.78, 5) is 79.5. The van der Waals surface area contributed by atoms with E-state index in [4.69, 9.17) is 62.6 Å². The van der Waals surface area contributed by atoms with Gasteiger partial charge in [-0.2, -0.15) is 0 Å². The second-order valence-electron chi connectivity index (χ2n) is 19.8. The predicted molar refractivity (Wildman–Crippen MR) is 315 cm³/mol. The van der Waals surface area contributed by atoms with Gasteiger partial charge in [0.05, 0.1) is 164 Å². The van der Waals surface area contributed by atoms with Crippen LogP contribution in [0.25, 0.3) is 0 Å². The lowest BCUT2D eigenvalue weighted by atomic mass is 9.87. The number of nitrogens with zero attached hydrogens (tertiary/aromatic N) is 1. The number of primary amides is 1. The van der Waals surface area contributed by atoms with Crippen LogP contribution in [0.3, 0.4) is 0 Å². The number of aromatic nitrogens is 1. The van der Waals surface area contributed by atoms with Crippen molar-refractivity contribution < 1.29 is 85.6 Å². The van der Waals surface area contributed by atoms with Crippen molar-refractivity contribution in [2.45, 2.75) is 116 Å². The minimum atomic E-state index is -0.777. The molecular formula is C59H98N6O18S. The Hall–Kier alpha value is -4.61. The summed E-state index contributed by atoms with van der Waals surface area (Å²) in [6, 6.07) is 7.93. The van der Waals surface area contributed by atoms with Gasteiger partial charge in [0, 0.05) is 56.6 Å². The fourth-order valence-electron chi connectivity index (χ4n) is 8.22. The summed E-state index contributed by atoms with van der Waals surface area (Å²) >= 11 is 1.57. The zero-order valence-corrected chi connectivity index (χ0v) is 50.8. The highest BCUT2D eigenvalue weighted by atomic mass is 32.1. The van der Waals surface area contributed by atoms with E-state index in [-0.39, 0.29) is 74.7 Å². The molecule has 25 heteroatoms. The van der Waals surface area contributed by atoms with E-state index in [0.29, 0.717) is 182 Å². The second kappa shape index (κ2) is 50.5. The summed E-state index contributed by atoms with van der Waals surface area (Å²) in [6.45, 7) is 14.0. The quantitative estimate of drug-likeness (QED) is 0.0590. The van der Waals surface area contributed by atoms with Crippen molar-refractivity contribution in [1.29, 1.82) is 0 Å². The van der Waals surface area contributed by atoms with Crippen LogP contribution in [-0.2, 0) is 105 Å². The van der Waals surface area contributed by atoms with Gasteiger partial charge in [-0.05, 0) is 50.5 Å². The number of carbonyl (C=O) groups is 6. The topological polar surface area (TPSA) is 300 Å². The van der Waals surface area contributed by atoms with E-state index in [9.17, 15) is 28.8 Å². The first kappa shape index (κ1) is 73.6. The van der Waals surface area contributed by atoms with Gasteiger partial charge in [-0.1, -0.05) is 56.5 Å². The number of rotatable bonds is 57. The maximum absolute atomic E-state index is 12.5. The van der Waals surface area contributed by atoms with Gasteiger partial charge >= 0.3 is 0 Å². The van der Waals surface area contributed by atoms with Crippen LogP contribution in [0.1, 0.15) is 101 Å². The fourth-order valence-corrected chi connectivity index (χ4v) is 9.35. The van der Waals surface area contributed by atoms with Crippen LogP contribution in [0, 0.1) is 5.92 Å². The van der Waals surface area contributed by atoms with Crippen LogP contribution in [0.4, 0.5) is 5.13 Å². The van der Waals surface area contributed by atoms with Crippen molar-refractivity contribution in [2.24, 2.45) is 11.7 Å². The van der Waals surface area contributed by atoms with E-state index in [1.807, 2.05) is 30.3 Å². The third-order valence-electron chi connectivity index (χ3n) is 12.8. The summed E-state index contributed by atoms with van der Waals surface area (Å²) < 4.78 is 66.1. The maximum atomic E-state index is 12.5. The summed E-state index contributed by atoms with van der Waals surface area (Å²) in [5.74, 6) is -1.01. The number of unbranched alkanes of at least 4 members (excludes halogenated alkanes) is 1. The molecule has 478 valence electrons. The van der Waals surface area contributed by atoms with Crippen molar-refractivity contribution in [3.05, 3.63) is 46.5 Å². The largest absolute Gasteiger partial charge is 0.379 e. The van der Waals surface area contributed by atoms with Gasteiger partial charge in [0.15, 0.2) is 10.9 Å². The Kier molecular flexibility index (Phi) is 44.3. The highest BCUT2D eigenvalue weighted by Crippen LogP contribution is 2.34. The second-order valence-corrected chi connectivity index (χ2v) is 20.9. The molecule has 1 aromatic carbocycles. The van der Waals surface area contributed by atoms with Crippen LogP contribution < -0.4 is 27.0 Å². The fraction of sp³-hybridized carbons (Fsp3) is 0.746. The average Bonchev–Trinajstić information content (AvgIpc) is 3.90. The molecule has 5 amide bonds. The number of aryl methyl sites for hydroxylation is 1. The lowest BCUT2D eigenvalue weighted by molar-refractivity contribution is -0.128. The Morgan fingerprint density at radius 2 is 1.01 bits per heavy atom. The number of hydrogen-bond donors (Lipinski definition) is 5. The van der Waals surface area contributed by atoms with Crippen molar-refractivity contribution >= 4 is 51.8 Å². The van der Waals surface area contributed by atoms with Crippen molar-refractivity contribution in [3.63, 3.8) is 0 Å². The molecule has 3 atom stereocenters. The molecule has 84 heavy (non-hydrogen) atoms. The Labute approximate surface area is 500 Å². The Morgan fingerprint density at radius 3 is 1.50 bits per heavy atom. The van der Waals surface area contributed by atoms with Gasteiger partial charge in [0.25, 0.3) is 0 Å². The van der Waals surface area contributed by atoms with Gasteiger partial charge in [-0.15, -0.1) is 11.3 Å². The molecule has 0 spiro atoms. The molecule has 0 saturated carbocycles. The Balaban J connectivity index is 0.935. The monoisotopic (exact) mass is 1210 g/mol. The number of ketones is 1. The van der Waals surface area contributed by atoms with E-state index in [1.165, 1.54) is 24.1 Å². The third-order valence-corrected chi connectivity index (χ3v) is 13.9. The minimum Gasteiger partial charge on any atom is -0.379 e. The van der Waals surface area contributed by atoms with Crippen LogP contribution in [0.2, 0.25) is 0 Å². The molecule has 3 rings (SSSR count). The smallest absolute Gasteiger partial charge is 0.240 e. The highest BCUT2D eigenvalue weighted by Gasteiger charge is 2.23. The number of benzene rings is 1. The number of carbonyl (C=O) groups excluding carboxylic acids is 6. The number of nitrogens with one attached hydrogen (secondary N) is 4. The highest BCUT2D eigenvalue weighted by molar-refractivity contribution is 7.15. The van der Waals surface area contributed by atoms with Crippen LogP contribution in [0.15, 0.2) is 30.3 Å². The lowest BCUT2D eigenvalue weighted by Gasteiger charge is -2.20. The number of anilines is 1. The van der Waals surface area contributed by atoms with Crippen molar-refractivity contribution in [3.8, 4) is 0 Å². The van der Waals surface area contributed by atoms with Crippen LogP contribution in [0.5, 0.6) is 0 Å². The number of Topliss-reactive ketones (excluding diaryl/α,β-unsaturated/α-hetero) is 1. The van der Waals surface area contributed by atoms with E-state index in [2.05, 4.69) is 33.2 Å². The molecule has 0 radical (unpaired) electrons. The molecule has 1 heterocycles. The summed E-state index contributed by atoms with van der Waals surface area (Å²) in [7, 11) is 0. The summed E-state index contributed by atoms with van der Waals surface area (Å²) in [6.07, 6.45) is 8.86. The molecule has 2 aromatic rings. The molecule has 0 saturated heterocycles. The summed E-state index contributed by atoms with van der Waals surface area (Å²) in [5.41, 5.74) is 7.46. The summed E-state index contributed by atoms with van der Waals surface area (Å²) in [5, 5.41) is 11.6. The number of thiazole rings is 1. The molecule has 24 nitrogen and oxygen atoms in total. The predicted octanol–water partition coefficient (Wildman–Crippen LogP) is 3.71. The SMILES string of the molecule is CCCC[C@H]1CCc2nc(NC(=O)CCCC(=O)NCCC(=O)N[C@@H](C)C(=O)CCCOCCOCCOCCOCCOCCOCCOCCOCCOCCOCCOCCOCCC(=O)N[C@@H](Cc3ccccc3)C(N)=O)sc2C1. The molecule has 0 fully saturated rings. The van der Waals surface area contributed by atoms with Crippen LogP contribution in [-0.4, -0.2) is 217 Å². The van der Waals surface area contributed by atoms with E-state index >= 15 is 0 Å². The first-order valence-corrected chi connectivity index (χ1v) is 30.8. The van der Waals surface area contributed by atoms with Gasteiger partial charge < -0.3 is 83.8 Å². The third kappa shape index (κ3) is 39.9. The number of fused-ring (bicyclic) bond motifs is 1. The van der Waals surface area contributed by atoms with E-state index in [1.54, 1.807) is 18.3 Å². The maximum Gasteiger partial charge on any atom is 0.240 e. The van der Waals surface area contributed by atoms with Gasteiger partial charge in [0.1, 0.15) is 6.04 Å².